The lowest BCUT2D eigenvalue weighted by Crippen LogP contribution is -2.49. The van der Waals surface area contributed by atoms with Crippen LogP contribution in [0.5, 0.6) is 0 Å². The SMILES string of the molecule is CN1C(=O)C2(CCN(c3nc4c(CO)cccc4c(=O)[nH]3)CC2)c2c(F)cc(F)cc21. The molecular weight excluding hydrogens is 406 g/mol. The summed E-state index contributed by atoms with van der Waals surface area (Å²) in [6.07, 6.45) is 0.601. The van der Waals surface area contributed by atoms with Crippen molar-refractivity contribution in [1.29, 1.82) is 0 Å². The number of anilines is 2. The van der Waals surface area contributed by atoms with E-state index in [1.807, 2.05) is 4.90 Å². The van der Waals surface area contributed by atoms with Crippen molar-refractivity contribution in [2.75, 3.05) is 29.9 Å². The molecule has 0 aliphatic carbocycles. The van der Waals surface area contributed by atoms with Gasteiger partial charge in [-0.25, -0.2) is 13.8 Å². The van der Waals surface area contributed by atoms with E-state index in [2.05, 4.69) is 9.97 Å². The number of fused-ring (bicyclic) bond motifs is 3. The van der Waals surface area contributed by atoms with Gasteiger partial charge in [0.25, 0.3) is 5.56 Å². The van der Waals surface area contributed by atoms with Crippen LogP contribution in [0, 0.1) is 11.6 Å². The summed E-state index contributed by atoms with van der Waals surface area (Å²) in [6, 6.07) is 7.04. The summed E-state index contributed by atoms with van der Waals surface area (Å²) in [5.41, 5.74) is 0.0891. The van der Waals surface area contributed by atoms with E-state index in [1.165, 1.54) is 18.0 Å². The van der Waals surface area contributed by atoms with Crippen molar-refractivity contribution >= 4 is 28.4 Å². The van der Waals surface area contributed by atoms with Crippen LogP contribution in [-0.2, 0) is 16.8 Å². The number of nitrogens with one attached hydrogen (secondary N) is 1. The number of aliphatic hydroxyl groups excluding tert-OH is 1. The molecule has 1 amide bonds. The fraction of sp³-hybridized carbons (Fsp3) is 0.318. The molecule has 2 aliphatic heterocycles. The van der Waals surface area contributed by atoms with Crippen LogP contribution in [0.25, 0.3) is 10.9 Å². The lowest BCUT2D eigenvalue weighted by atomic mass is 9.73. The van der Waals surface area contributed by atoms with Crippen molar-refractivity contribution < 1.29 is 18.7 Å². The molecule has 9 heteroatoms. The van der Waals surface area contributed by atoms with E-state index in [1.54, 1.807) is 18.2 Å². The van der Waals surface area contributed by atoms with Gasteiger partial charge in [-0.1, -0.05) is 12.1 Å². The van der Waals surface area contributed by atoms with Crippen LogP contribution in [0.1, 0.15) is 24.0 Å². The summed E-state index contributed by atoms with van der Waals surface area (Å²) in [5, 5.41) is 9.97. The Kier molecular flexibility index (Phi) is 4.33. The molecule has 0 unspecified atom stereocenters. The highest BCUT2D eigenvalue weighted by Gasteiger charge is 2.53. The summed E-state index contributed by atoms with van der Waals surface area (Å²) in [5.74, 6) is -1.35. The Morgan fingerprint density at radius 3 is 2.65 bits per heavy atom. The average Bonchev–Trinajstić information content (AvgIpc) is 2.96. The van der Waals surface area contributed by atoms with Crippen molar-refractivity contribution in [3.05, 3.63) is 63.4 Å². The van der Waals surface area contributed by atoms with Gasteiger partial charge >= 0.3 is 0 Å². The molecule has 1 saturated heterocycles. The second kappa shape index (κ2) is 6.84. The predicted molar refractivity (Wildman–Crippen MR) is 111 cm³/mol. The fourth-order valence-electron chi connectivity index (χ4n) is 4.89. The maximum absolute atomic E-state index is 14.7. The summed E-state index contributed by atoms with van der Waals surface area (Å²) in [7, 11) is 1.53. The van der Waals surface area contributed by atoms with Gasteiger partial charge in [0.2, 0.25) is 11.9 Å². The molecule has 160 valence electrons. The standard InChI is InChI=1S/C22H20F2N4O3/c1-27-16-10-13(23)9-15(24)17(16)22(20(27)31)5-7-28(8-6-22)21-25-18-12(11-29)3-2-4-14(18)19(30)26-21/h2-4,9-10,29H,5-8,11H2,1H3,(H,25,26,30). The topological polar surface area (TPSA) is 89.5 Å². The first-order chi connectivity index (χ1) is 14.9. The smallest absolute Gasteiger partial charge is 0.260 e. The third-order valence-electron chi connectivity index (χ3n) is 6.48. The molecular formula is C22H20F2N4O3. The number of H-pyrrole nitrogens is 1. The number of aliphatic hydroxyl groups is 1. The number of aromatic amines is 1. The second-order valence-electron chi connectivity index (χ2n) is 8.08. The second-order valence-corrected chi connectivity index (χ2v) is 8.08. The minimum atomic E-state index is -1.06. The number of para-hydroxylation sites is 1. The highest BCUT2D eigenvalue weighted by molar-refractivity contribution is 6.08. The number of halogens is 2. The van der Waals surface area contributed by atoms with Crippen LogP contribution in [0.4, 0.5) is 20.4 Å². The fourth-order valence-corrected chi connectivity index (χ4v) is 4.89. The van der Waals surface area contributed by atoms with Gasteiger partial charge in [-0.2, -0.15) is 0 Å². The van der Waals surface area contributed by atoms with E-state index in [0.717, 1.165) is 6.07 Å². The number of carbonyl (C=O) groups excluding carboxylic acids is 1. The van der Waals surface area contributed by atoms with Crippen LogP contribution >= 0.6 is 0 Å². The van der Waals surface area contributed by atoms with Crippen LogP contribution in [0.15, 0.2) is 35.1 Å². The summed E-state index contributed by atoms with van der Waals surface area (Å²) < 4.78 is 28.5. The Labute approximate surface area is 175 Å². The Morgan fingerprint density at radius 1 is 1.19 bits per heavy atom. The van der Waals surface area contributed by atoms with Crippen LogP contribution in [-0.4, -0.2) is 41.1 Å². The molecule has 2 N–H and O–H groups in total. The molecule has 1 fully saturated rings. The molecule has 0 saturated carbocycles. The zero-order chi connectivity index (χ0) is 21.9. The number of rotatable bonds is 2. The van der Waals surface area contributed by atoms with Crippen molar-refractivity contribution in [1.82, 2.24) is 9.97 Å². The third kappa shape index (κ3) is 2.76. The first-order valence-electron chi connectivity index (χ1n) is 10.0. The van der Waals surface area contributed by atoms with Gasteiger partial charge in [0.05, 0.1) is 28.6 Å². The Balaban J connectivity index is 1.51. The predicted octanol–water partition coefficient (Wildman–Crippen LogP) is 2.21. The van der Waals surface area contributed by atoms with E-state index >= 15 is 0 Å². The van der Waals surface area contributed by atoms with E-state index in [-0.39, 0.29) is 29.3 Å². The molecule has 3 aromatic rings. The largest absolute Gasteiger partial charge is 0.392 e. The number of aromatic nitrogens is 2. The van der Waals surface area contributed by atoms with Crippen LogP contribution in [0.2, 0.25) is 0 Å². The van der Waals surface area contributed by atoms with Crippen LogP contribution in [0.3, 0.4) is 0 Å². The molecule has 5 rings (SSSR count). The lowest BCUT2D eigenvalue weighted by molar-refractivity contribution is -0.123. The zero-order valence-electron chi connectivity index (χ0n) is 16.8. The zero-order valence-corrected chi connectivity index (χ0v) is 16.8. The summed E-state index contributed by atoms with van der Waals surface area (Å²) >= 11 is 0. The highest BCUT2D eigenvalue weighted by atomic mass is 19.1. The van der Waals surface area contributed by atoms with Crippen molar-refractivity contribution in [3.8, 4) is 0 Å². The normalized spacial score (nSPS) is 17.6. The number of benzene rings is 2. The molecule has 0 atom stereocenters. The van der Waals surface area contributed by atoms with Gasteiger partial charge in [0, 0.05) is 37.3 Å². The minimum absolute atomic E-state index is 0.239. The van der Waals surface area contributed by atoms with Gasteiger partial charge < -0.3 is 14.9 Å². The quantitative estimate of drug-likeness (QED) is 0.656. The maximum Gasteiger partial charge on any atom is 0.260 e. The number of hydrogen-bond donors (Lipinski definition) is 2. The van der Waals surface area contributed by atoms with Gasteiger partial charge in [-0.3, -0.25) is 14.6 Å². The molecule has 31 heavy (non-hydrogen) atoms. The van der Waals surface area contributed by atoms with Crippen molar-refractivity contribution in [2.45, 2.75) is 24.9 Å². The summed E-state index contributed by atoms with van der Waals surface area (Å²) in [4.78, 5) is 36.1. The molecule has 7 nitrogen and oxygen atoms in total. The number of nitrogens with zero attached hydrogens (tertiary/aromatic N) is 3. The van der Waals surface area contributed by atoms with Gasteiger partial charge in [-0.15, -0.1) is 0 Å². The first-order valence-corrected chi connectivity index (χ1v) is 10.0. The van der Waals surface area contributed by atoms with Gasteiger partial charge in [0.15, 0.2) is 0 Å². The lowest BCUT2D eigenvalue weighted by Gasteiger charge is -2.38. The van der Waals surface area contributed by atoms with Gasteiger partial charge in [-0.05, 0) is 25.0 Å². The van der Waals surface area contributed by atoms with E-state index in [4.69, 9.17) is 0 Å². The van der Waals surface area contributed by atoms with Crippen molar-refractivity contribution in [3.63, 3.8) is 0 Å². The minimum Gasteiger partial charge on any atom is -0.392 e. The monoisotopic (exact) mass is 426 g/mol. The van der Waals surface area contributed by atoms with Gasteiger partial charge in [0.1, 0.15) is 11.6 Å². The molecule has 2 aliphatic rings. The molecule has 3 heterocycles. The number of piperidine rings is 1. The number of amides is 1. The van der Waals surface area contributed by atoms with E-state index in [9.17, 15) is 23.5 Å². The van der Waals surface area contributed by atoms with Crippen molar-refractivity contribution in [2.24, 2.45) is 0 Å². The maximum atomic E-state index is 14.7. The molecule has 0 radical (unpaired) electrons. The molecule has 0 bridgehead atoms. The Bertz CT molecular complexity index is 1280. The van der Waals surface area contributed by atoms with Crippen LogP contribution < -0.4 is 15.4 Å². The number of hydrogen-bond acceptors (Lipinski definition) is 5. The average molecular weight is 426 g/mol. The molecule has 2 aromatic carbocycles. The van der Waals surface area contributed by atoms with E-state index in [0.29, 0.717) is 48.3 Å². The highest BCUT2D eigenvalue weighted by Crippen LogP contribution is 2.49. The first kappa shape index (κ1) is 19.6. The number of likely N-dealkylation sites (N-methyl/N-ethyl adjacent to an activating group) is 1. The Hall–Kier alpha value is -3.33. The summed E-state index contributed by atoms with van der Waals surface area (Å²) in [6.45, 7) is 0.459. The van der Waals surface area contributed by atoms with E-state index < -0.39 is 17.0 Å². The number of carbonyl (C=O) groups is 1. The molecule has 1 spiro atoms. The Morgan fingerprint density at radius 2 is 1.94 bits per heavy atom. The molecule has 1 aromatic heterocycles. The third-order valence-corrected chi connectivity index (χ3v) is 6.48.